The molecule has 6 heteroatoms. The Labute approximate surface area is 123 Å². The van der Waals surface area contributed by atoms with Gasteiger partial charge >= 0.3 is 11.9 Å². The lowest BCUT2D eigenvalue weighted by molar-refractivity contribution is -0.384. The smallest absolute Gasteiger partial charge is 0.347 e. The highest BCUT2D eigenvalue weighted by molar-refractivity contribution is 6.26. The van der Waals surface area contributed by atoms with Crippen LogP contribution in [0.4, 0.5) is 5.69 Å². The molecule has 0 N–H and O–H groups in total. The lowest BCUT2D eigenvalue weighted by atomic mass is 9.95. The monoisotopic (exact) mass is 293 g/mol. The van der Waals surface area contributed by atoms with E-state index in [-0.39, 0.29) is 16.8 Å². The summed E-state index contributed by atoms with van der Waals surface area (Å²) in [6.07, 6.45) is 0. The van der Waals surface area contributed by atoms with Crippen LogP contribution < -0.4 is 0 Å². The van der Waals surface area contributed by atoms with Crippen molar-refractivity contribution < 1.29 is 19.2 Å². The van der Waals surface area contributed by atoms with Crippen molar-refractivity contribution in [3.63, 3.8) is 0 Å². The molecule has 1 aliphatic rings. The first-order valence-electron chi connectivity index (χ1n) is 6.46. The molecule has 0 saturated carbocycles. The summed E-state index contributed by atoms with van der Waals surface area (Å²) in [6, 6.07) is 11.3. The van der Waals surface area contributed by atoms with Crippen LogP contribution in [0.1, 0.15) is 20.7 Å². The van der Waals surface area contributed by atoms with E-state index < -0.39 is 16.9 Å². The number of ether oxygens (including phenoxy) is 1. The molecular weight excluding hydrogens is 286 g/mol. The number of hydrogen-bond acceptors (Lipinski definition) is 5. The van der Waals surface area contributed by atoms with Gasteiger partial charge in [0.25, 0.3) is 5.69 Å². The van der Waals surface area contributed by atoms with Crippen molar-refractivity contribution in [1.29, 1.82) is 0 Å². The Morgan fingerprint density at radius 1 is 0.909 bits per heavy atom. The van der Waals surface area contributed by atoms with Gasteiger partial charge in [-0.05, 0) is 28.3 Å². The van der Waals surface area contributed by atoms with Crippen molar-refractivity contribution in [2.45, 2.75) is 0 Å². The summed E-state index contributed by atoms with van der Waals surface area (Å²) in [5, 5.41) is 13.5. The van der Waals surface area contributed by atoms with Gasteiger partial charge in [0.15, 0.2) is 0 Å². The molecule has 3 aromatic rings. The van der Waals surface area contributed by atoms with Crippen LogP contribution in [0.3, 0.4) is 0 Å². The zero-order chi connectivity index (χ0) is 15.4. The van der Waals surface area contributed by atoms with E-state index in [1.807, 2.05) is 6.07 Å². The molecule has 6 nitrogen and oxygen atoms in total. The highest BCUT2D eigenvalue weighted by Gasteiger charge is 2.32. The number of nitrogens with zero attached hydrogens (tertiary/aromatic N) is 1. The molecule has 22 heavy (non-hydrogen) atoms. The molecule has 0 atom stereocenters. The average molecular weight is 293 g/mol. The third kappa shape index (κ3) is 1.54. The van der Waals surface area contributed by atoms with E-state index >= 15 is 0 Å². The fourth-order valence-electron chi connectivity index (χ4n) is 2.82. The molecule has 0 spiro atoms. The van der Waals surface area contributed by atoms with Crippen molar-refractivity contribution in [2.24, 2.45) is 0 Å². The van der Waals surface area contributed by atoms with Crippen molar-refractivity contribution in [3.8, 4) is 0 Å². The van der Waals surface area contributed by atoms with E-state index in [1.165, 1.54) is 18.2 Å². The van der Waals surface area contributed by atoms with Gasteiger partial charge in [-0.25, -0.2) is 9.59 Å². The highest BCUT2D eigenvalue weighted by Crippen LogP contribution is 2.35. The van der Waals surface area contributed by atoms with Crippen LogP contribution in [0.25, 0.3) is 21.5 Å². The van der Waals surface area contributed by atoms with Crippen molar-refractivity contribution >= 4 is 39.2 Å². The highest BCUT2D eigenvalue weighted by atomic mass is 16.6. The van der Waals surface area contributed by atoms with Crippen LogP contribution in [-0.2, 0) is 4.74 Å². The number of non-ortho nitro benzene ring substituents is 1. The third-order valence-corrected chi connectivity index (χ3v) is 3.81. The van der Waals surface area contributed by atoms with E-state index in [4.69, 9.17) is 0 Å². The Morgan fingerprint density at radius 2 is 1.59 bits per heavy atom. The van der Waals surface area contributed by atoms with E-state index in [9.17, 15) is 19.7 Å². The lowest BCUT2D eigenvalue weighted by Crippen LogP contribution is -1.97. The maximum Gasteiger partial charge on any atom is 0.347 e. The minimum absolute atomic E-state index is 0.0738. The molecule has 0 radical (unpaired) electrons. The Balaban J connectivity index is 2.23. The SMILES string of the molecule is O=C1OC(=O)c2c1ccc1ccc3ccc([N+](=O)[O-])cc3c21. The van der Waals surface area contributed by atoms with Crippen molar-refractivity contribution in [1.82, 2.24) is 0 Å². The number of nitro groups is 1. The Kier molecular flexibility index (Phi) is 2.33. The average Bonchev–Trinajstić information content (AvgIpc) is 2.81. The molecule has 0 amide bonds. The Morgan fingerprint density at radius 3 is 2.36 bits per heavy atom. The zero-order valence-corrected chi connectivity index (χ0v) is 11.0. The first-order valence-corrected chi connectivity index (χ1v) is 6.46. The maximum absolute atomic E-state index is 12.0. The second-order valence-electron chi connectivity index (χ2n) is 4.99. The molecular formula is C16H7NO5. The predicted molar refractivity (Wildman–Crippen MR) is 77.9 cm³/mol. The van der Waals surface area contributed by atoms with Crippen LogP contribution in [0.5, 0.6) is 0 Å². The summed E-state index contributed by atoms with van der Waals surface area (Å²) in [7, 11) is 0. The molecule has 4 rings (SSSR count). The van der Waals surface area contributed by atoms with Crippen molar-refractivity contribution in [3.05, 3.63) is 63.7 Å². The van der Waals surface area contributed by atoms with E-state index in [0.717, 1.165) is 10.8 Å². The summed E-state index contributed by atoms with van der Waals surface area (Å²) < 4.78 is 4.65. The summed E-state index contributed by atoms with van der Waals surface area (Å²) in [5.74, 6) is -1.41. The van der Waals surface area contributed by atoms with Gasteiger partial charge in [0.2, 0.25) is 0 Å². The summed E-state index contributed by atoms with van der Waals surface area (Å²) in [4.78, 5) is 34.2. The summed E-state index contributed by atoms with van der Waals surface area (Å²) >= 11 is 0. The normalized spacial score (nSPS) is 13.5. The van der Waals surface area contributed by atoms with Crippen LogP contribution in [0.15, 0.2) is 42.5 Å². The number of fused-ring (bicyclic) bond motifs is 5. The van der Waals surface area contributed by atoms with E-state index in [0.29, 0.717) is 10.8 Å². The second kappa shape index (κ2) is 4.11. The van der Waals surface area contributed by atoms with Gasteiger partial charge < -0.3 is 4.74 Å². The van der Waals surface area contributed by atoms with Crippen LogP contribution in [0.2, 0.25) is 0 Å². The summed E-state index contributed by atoms with van der Waals surface area (Å²) in [6.45, 7) is 0. The molecule has 106 valence electrons. The van der Waals surface area contributed by atoms with E-state index in [2.05, 4.69) is 4.74 Å². The summed E-state index contributed by atoms with van der Waals surface area (Å²) in [5.41, 5.74) is 0.292. The maximum atomic E-state index is 12.0. The Hall–Kier alpha value is -3.28. The van der Waals surface area contributed by atoms with Crippen LogP contribution in [-0.4, -0.2) is 16.9 Å². The molecule has 1 aliphatic heterocycles. The number of carbonyl (C=O) groups excluding carboxylic acids is 2. The molecule has 0 bridgehead atoms. The topological polar surface area (TPSA) is 86.5 Å². The number of cyclic esters (lactones) is 2. The van der Waals surface area contributed by atoms with Crippen LogP contribution >= 0.6 is 0 Å². The van der Waals surface area contributed by atoms with Gasteiger partial charge in [-0.3, -0.25) is 10.1 Å². The predicted octanol–water partition coefficient (Wildman–Crippen LogP) is 3.21. The van der Waals surface area contributed by atoms with Crippen LogP contribution in [0, 0.1) is 10.1 Å². The minimum atomic E-state index is -0.718. The molecule has 1 heterocycles. The number of nitro benzene ring substituents is 1. The fourth-order valence-corrected chi connectivity index (χ4v) is 2.82. The molecule has 3 aromatic carbocycles. The standard InChI is InChI=1S/C16H7NO5/c18-15-11-6-4-9-2-1-8-3-5-10(17(20)21)7-12(8)13(9)14(11)16(19)22-15/h1-7H. The van der Waals surface area contributed by atoms with Gasteiger partial charge in [-0.1, -0.05) is 18.2 Å². The zero-order valence-electron chi connectivity index (χ0n) is 11.0. The molecule has 0 aliphatic carbocycles. The number of esters is 2. The quantitative estimate of drug-likeness (QED) is 0.226. The Bertz CT molecular complexity index is 1020. The lowest BCUT2D eigenvalue weighted by Gasteiger charge is -2.06. The number of hydrogen-bond donors (Lipinski definition) is 0. The molecule has 0 saturated heterocycles. The number of rotatable bonds is 1. The van der Waals surface area contributed by atoms with Gasteiger partial charge in [0, 0.05) is 17.5 Å². The van der Waals surface area contributed by atoms with Gasteiger partial charge in [0.05, 0.1) is 16.1 Å². The molecule has 0 unspecified atom stereocenters. The first kappa shape index (κ1) is 12.5. The fraction of sp³-hybridized carbons (Fsp3) is 0. The van der Waals surface area contributed by atoms with Gasteiger partial charge in [-0.2, -0.15) is 0 Å². The minimum Gasteiger partial charge on any atom is -0.386 e. The van der Waals surface area contributed by atoms with E-state index in [1.54, 1.807) is 18.2 Å². The first-order chi connectivity index (χ1) is 10.6. The second-order valence-corrected chi connectivity index (χ2v) is 4.99. The van der Waals surface area contributed by atoms with Gasteiger partial charge in [-0.15, -0.1) is 0 Å². The molecule has 0 fully saturated rings. The number of benzene rings is 3. The third-order valence-electron chi connectivity index (χ3n) is 3.81. The number of carbonyl (C=O) groups is 2. The largest absolute Gasteiger partial charge is 0.386 e. The molecule has 0 aromatic heterocycles. The van der Waals surface area contributed by atoms with Gasteiger partial charge in [0.1, 0.15) is 0 Å². The van der Waals surface area contributed by atoms with Crippen molar-refractivity contribution in [2.75, 3.05) is 0 Å².